The minimum absolute atomic E-state index is 0.00559. The summed E-state index contributed by atoms with van der Waals surface area (Å²) in [6, 6.07) is 7.68. The summed E-state index contributed by atoms with van der Waals surface area (Å²) in [5.41, 5.74) is 1.62. The second kappa shape index (κ2) is 7.85. The smallest absolute Gasteiger partial charge is 0.407 e. The Hall–Kier alpha value is -2.70. The van der Waals surface area contributed by atoms with E-state index >= 15 is 0 Å². The average molecular weight is 431 g/mol. The lowest BCUT2D eigenvalue weighted by atomic mass is 10.1. The summed E-state index contributed by atoms with van der Waals surface area (Å²) in [4.78, 5) is 13.0. The third kappa shape index (κ3) is 4.11. The predicted octanol–water partition coefficient (Wildman–Crippen LogP) is 4.62. The number of nitriles is 1. The molecule has 7 nitrogen and oxygen atoms in total. The summed E-state index contributed by atoms with van der Waals surface area (Å²) in [5.74, 6) is -0.424. The largest absolute Gasteiger partial charge is 0.465 e. The van der Waals surface area contributed by atoms with Crippen molar-refractivity contribution in [3.05, 3.63) is 41.3 Å². The first-order chi connectivity index (χ1) is 13.9. The lowest BCUT2D eigenvalue weighted by Gasteiger charge is -2.39. The van der Waals surface area contributed by atoms with E-state index in [1.54, 1.807) is 16.8 Å². The van der Waals surface area contributed by atoms with Gasteiger partial charge in [0.15, 0.2) is 8.32 Å². The third-order valence-corrected chi connectivity index (χ3v) is 10.6. The lowest BCUT2D eigenvalue weighted by Crippen LogP contribution is -2.46. The highest BCUT2D eigenvalue weighted by Gasteiger charge is 2.39. The van der Waals surface area contributed by atoms with E-state index in [9.17, 15) is 19.6 Å². The van der Waals surface area contributed by atoms with Gasteiger partial charge in [0.1, 0.15) is 23.1 Å². The monoisotopic (exact) mass is 430 g/mol. The highest BCUT2D eigenvalue weighted by molar-refractivity contribution is 6.74. The van der Waals surface area contributed by atoms with Gasteiger partial charge in [-0.15, -0.1) is 0 Å². The van der Waals surface area contributed by atoms with Crippen LogP contribution < -0.4 is 0 Å². The van der Waals surface area contributed by atoms with Crippen LogP contribution in [0.4, 0.5) is 9.18 Å². The second-order valence-corrected chi connectivity index (χ2v) is 13.9. The molecule has 1 aliphatic rings. The molecule has 1 aromatic heterocycles. The standard InChI is InChI=1S/C21H27FN4O3Si/c1-21(2,3)30(4,5)29-13-16-11-25(20(27)28)12-18-17(10-23)19(24-26(16)18)14-7-6-8-15(22)9-14/h6-9,16H,11-13H2,1-5H3,(H,27,28). The molecule has 1 unspecified atom stereocenters. The lowest BCUT2D eigenvalue weighted by molar-refractivity contribution is 0.103. The maximum Gasteiger partial charge on any atom is 0.407 e. The van der Waals surface area contributed by atoms with Crippen LogP contribution in [0.25, 0.3) is 11.3 Å². The normalized spacial score (nSPS) is 16.8. The molecule has 0 fully saturated rings. The van der Waals surface area contributed by atoms with E-state index in [0.29, 0.717) is 23.6 Å². The maximum absolute atomic E-state index is 13.8. The molecular formula is C21H27FN4O3Si. The number of carboxylic acid groups (broad SMARTS) is 1. The molecule has 2 aromatic rings. The van der Waals surface area contributed by atoms with Gasteiger partial charge in [0.25, 0.3) is 0 Å². The molecule has 0 spiro atoms. The van der Waals surface area contributed by atoms with Crippen LogP contribution in [0.2, 0.25) is 18.1 Å². The Morgan fingerprint density at radius 3 is 2.70 bits per heavy atom. The number of hydrogen-bond donors (Lipinski definition) is 1. The van der Waals surface area contributed by atoms with Gasteiger partial charge >= 0.3 is 6.09 Å². The van der Waals surface area contributed by atoms with Gasteiger partial charge in [0.2, 0.25) is 0 Å². The van der Waals surface area contributed by atoms with Gasteiger partial charge in [-0.25, -0.2) is 9.18 Å². The van der Waals surface area contributed by atoms with Crippen LogP contribution in [0.15, 0.2) is 24.3 Å². The molecule has 0 aliphatic carbocycles. The van der Waals surface area contributed by atoms with Crippen molar-refractivity contribution in [3.63, 3.8) is 0 Å². The van der Waals surface area contributed by atoms with Crippen molar-refractivity contribution in [1.82, 2.24) is 14.7 Å². The molecule has 9 heteroatoms. The third-order valence-electron chi connectivity index (χ3n) is 6.05. The summed E-state index contributed by atoms with van der Waals surface area (Å²) < 4.78 is 21.8. The Kier molecular flexibility index (Phi) is 5.76. The minimum atomic E-state index is -2.07. The van der Waals surface area contributed by atoms with E-state index in [0.717, 1.165) is 0 Å². The quantitative estimate of drug-likeness (QED) is 0.715. The summed E-state index contributed by atoms with van der Waals surface area (Å²) in [5, 5.41) is 24.0. The highest BCUT2D eigenvalue weighted by atomic mass is 28.4. The predicted molar refractivity (Wildman–Crippen MR) is 113 cm³/mol. The van der Waals surface area contributed by atoms with Crippen LogP contribution in [0.5, 0.6) is 0 Å². The molecule has 1 amide bonds. The first-order valence-electron chi connectivity index (χ1n) is 9.84. The number of fused-ring (bicyclic) bond motifs is 1. The zero-order chi connectivity index (χ0) is 22.3. The average Bonchev–Trinajstić information content (AvgIpc) is 3.03. The number of aromatic nitrogens is 2. The Morgan fingerprint density at radius 1 is 1.43 bits per heavy atom. The fraction of sp³-hybridized carbons (Fsp3) is 0.476. The van der Waals surface area contributed by atoms with Crippen molar-refractivity contribution >= 4 is 14.4 Å². The molecule has 1 atom stereocenters. The van der Waals surface area contributed by atoms with Crippen molar-refractivity contribution in [2.75, 3.05) is 13.2 Å². The first kappa shape index (κ1) is 22.0. The summed E-state index contributed by atoms with van der Waals surface area (Å²) in [6.45, 7) is 11.2. The summed E-state index contributed by atoms with van der Waals surface area (Å²) in [7, 11) is -2.07. The Morgan fingerprint density at radius 2 is 2.13 bits per heavy atom. The van der Waals surface area contributed by atoms with Crippen LogP contribution >= 0.6 is 0 Å². The highest BCUT2D eigenvalue weighted by Crippen LogP contribution is 2.38. The molecule has 1 aliphatic heterocycles. The molecule has 160 valence electrons. The van der Waals surface area contributed by atoms with Gasteiger partial charge in [0.05, 0.1) is 24.9 Å². The Balaban J connectivity index is 2.03. The van der Waals surface area contributed by atoms with E-state index in [1.165, 1.54) is 17.0 Å². The van der Waals surface area contributed by atoms with E-state index in [1.807, 2.05) is 0 Å². The second-order valence-electron chi connectivity index (χ2n) is 9.13. The Labute approximate surface area is 176 Å². The minimum Gasteiger partial charge on any atom is -0.465 e. The maximum atomic E-state index is 13.8. The SMILES string of the molecule is CC(C)(C)[Si](C)(C)OCC1CN(C(=O)O)Cc2c(C#N)c(-c3cccc(F)c3)nn21. The van der Waals surface area contributed by atoms with Gasteiger partial charge < -0.3 is 14.4 Å². The van der Waals surface area contributed by atoms with Crippen molar-refractivity contribution in [1.29, 1.82) is 5.26 Å². The van der Waals surface area contributed by atoms with Crippen LogP contribution in [-0.4, -0.2) is 47.3 Å². The van der Waals surface area contributed by atoms with Gasteiger partial charge in [0, 0.05) is 12.1 Å². The fourth-order valence-corrected chi connectivity index (χ4v) is 4.29. The van der Waals surface area contributed by atoms with Crippen LogP contribution in [0.1, 0.15) is 38.1 Å². The van der Waals surface area contributed by atoms with E-state index in [4.69, 9.17) is 4.43 Å². The number of nitrogens with zero attached hydrogens (tertiary/aromatic N) is 4. The van der Waals surface area contributed by atoms with Crippen molar-refractivity contribution in [2.24, 2.45) is 0 Å². The molecule has 30 heavy (non-hydrogen) atoms. The molecule has 0 saturated carbocycles. The molecule has 1 N–H and O–H groups in total. The zero-order valence-electron chi connectivity index (χ0n) is 17.9. The fourth-order valence-electron chi connectivity index (χ4n) is 3.25. The number of amides is 1. The Bertz CT molecular complexity index is 1010. The number of hydrogen-bond acceptors (Lipinski definition) is 4. The van der Waals surface area contributed by atoms with E-state index < -0.39 is 20.2 Å². The van der Waals surface area contributed by atoms with E-state index in [-0.39, 0.29) is 29.7 Å². The van der Waals surface area contributed by atoms with Gasteiger partial charge in [-0.05, 0) is 30.3 Å². The van der Waals surface area contributed by atoms with Crippen LogP contribution in [0.3, 0.4) is 0 Å². The number of halogens is 1. The first-order valence-corrected chi connectivity index (χ1v) is 12.7. The number of benzene rings is 1. The van der Waals surface area contributed by atoms with Gasteiger partial charge in [-0.3, -0.25) is 4.68 Å². The van der Waals surface area contributed by atoms with E-state index in [2.05, 4.69) is 45.0 Å². The van der Waals surface area contributed by atoms with Gasteiger partial charge in [-0.1, -0.05) is 32.9 Å². The topological polar surface area (TPSA) is 91.4 Å². The molecular weight excluding hydrogens is 403 g/mol. The molecule has 0 radical (unpaired) electrons. The molecule has 0 bridgehead atoms. The van der Waals surface area contributed by atoms with Crippen molar-refractivity contribution in [2.45, 2.75) is 51.5 Å². The molecule has 1 aromatic carbocycles. The number of rotatable bonds is 4. The zero-order valence-corrected chi connectivity index (χ0v) is 18.9. The van der Waals surface area contributed by atoms with Gasteiger partial charge in [-0.2, -0.15) is 10.4 Å². The van der Waals surface area contributed by atoms with Crippen LogP contribution in [-0.2, 0) is 11.0 Å². The van der Waals surface area contributed by atoms with Crippen molar-refractivity contribution in [3.8, 4) is 17.3 Å². The number of carbonyl (C=O) groups is 1. The summed E-state index contributed by atoms with van der Waals surface area (Å²) >= 11 is 0. The van der Waals surface area contributed by atoms with Crippen molar-refractivity contribution < 1.29 is 18.7 Å². The van der Waals surface area contributed by atoms with Crippen LogP contribution in [0, 0.1) is 17.1 Å². The molecule has 2 heterocycles. The molecule has 3 rings (SSSR count). The summed E-state index contributed by atoms with van der Waals surface area (Å²) in [6.07, 6.45) is -1.06. The molecule has 0 saturated heterocycles.